The first-order chi connectivity index (χ1) is 13.0. The molecule has 0 saturated carbocycles. The molecule has 0 spiro atoms. The third-order valence-electron chi connectivity index (χ3n) is 5.51. The first kappa shape index (κ1) is 19.6. The second-order valence-electron chi connectivity index (χ2n) is 7.99. The average molecular weight is 366 g/mol. The topological polar surface area (TPSA) is 29.5 Å². The molecule has 0 aliphatic carbocycles. The molecule has 0 N–H and O–H groups in total. The van der Waals surface area contributed by atoms with Gasteiger partial charge in [0.15, 0.2) is 0 Å². The predicted octanol–water partition coefficient (Wildman–Crippen LogP) is 5.08. The number of likely N-dealkylation sites (tertiary alicyclic amines) is 1. The van der Waals surface area contributed by atoms with E-state index < -0.39 is 0 Å². The molecular formula is C24H31NO2. The number of rotatable bonds is 6. The number of piperidine rings is 1. The van der Waals surface area contributed by atoms with Crippen LogP contribution in [0.3, 0.4) is 0 Å². The van der Waals surface area contributed by atoms with Crippen LogP contribution in [0.1, 0.15) is 50.8 Å². The van der Waals surface area contributed by atoms with Gasteiger partial charge in [0.2, 0.25) is 0 Å². The quantitative estimate of drug-likeness (QED) is 0.669. The Balaban J connectivity index is 1.73. The molecule has 0 bridgehead atoms. The van der Waals surface area contributed by atoms with E-state index in [9.17, 15) is 4.79 Å². The van der Waals surface area contributed by atoms with E-state index in [1.54, 1.807) is 0 Å². The van der Waals surface area contributed by atoms with Crippen molar-refractivity contribution in [3.63, 3.8) is 0 Å². The van der Waals surface area contributed by atoms with Gasteiger partial charge in [0, 0.05) is 13.0 Å². The number of hydrogen-bond acceptors (Lipinski definition) is 3. The molecule has 144 valence electrons. The molecule has 3 nitrogen and oxygen atoms in total. The smallest absolute Gasteiger partial charge is 0.306 e. The molecule has 27 heavy (non-hydrogen) atoms. The Hall–Kier alpha value is -2.13. The van der Waals surface area contributed by atoms with Crippen molar-refractivity contribution in [2.45, 2.75) is 45.8 Å². The zero-order valence-electron chi connectivity index (χ0n) is 16.7. The third kappa shape index (κ3) is 5.20. The lowest BCUT2D eigenvalue weighted by Gasteiger charge is -2.41. The van der Waals surface area contributed by atoms with Gasteiger partial charge in [-0.1, -0.05) is 67.6 Å². The molecule has 2 atom stereocenters. The van der Waals surface area contributed by atoms with Gasteiger partial charge in [-0.05, 0) is 49.8 Å². The third-order valence-corrected chi connectivity index (χ3v) is 5.51. The van der Waals surface area contributed by atoms with E-state index >= 15 is 0 Å². The molecule has 0 aromatic heterocycles. The second kappa shape index (κ2) is 9.18. The van der Waals surface area contributed by atoms with Gasteiger partial charge in [-0.2, -0.15) is 0 Å². The van der Waals surface area contributed by atoms with Gasteiger partial charge in [0.25, 0.3) is 0 Å². The van der Waals surface area contributed by atoms with Crippen molar-refractivity contribution in [3.05, 3.63) is 71.8 Å². The zero-order chi connectivity index (χ0) is 19.2. The summed E-state index contributed by atoms with van der Waals surface area (Å²) in [6.07, 6.45) is 1.53. The lowest BCUT2D eigenvalue weighted by Crippen LogP contribution is -2.42. The standard InChI is InChI=1S/C24H31NO2/c1-18(2)27-23(26)16-22-14-15-25(17-19(22)3)24(20-10-6-4-7-11-20)21-12-8-5-9-13-21/h4-13,18-19,22,24H,14-17H2,1-3H3. The van der Waals surface area contributed by atoms with Crippen LogP contribution >= 0.6 is 0 Å². The summed E-state index contributed by atoms with van der Waals surface area (Å²) in [6, 6.07) is 21.7. The molecule has 1 aliphatic rings. The normalized spacial score (nSPS) is 20.8. The highest BCUT2D eigenvalue weighted by Crippen LogP contribution is 2.35. The Morgan fingerprint density at radius 2 is 1.59 bits per heavy atom. The molecule has 3 rings (SSSR count). The van der Waals surface area contributed by atoms with Crippen molar-refractivity contribution in [1.82, 2.24) is 4.90 Å². The summed E-state index contributed by atoms with van der Waals surface area (Å²) in [5.41, 5.74) is 2.65. The SMILES string of the molecule is CC(C)OC(=O)CC1CCN(C(c2ccccc2)c2ccccc2)CC1C. The van der Waals surface area contributed by atoms with Gasteiger partial charge in [-0.3, -0.25) is 9.69 Å². The highest BCUT2D eigenvalue weighted by Gasteiger charge is 2.32. The molecule has 0 amide bonds. The van der Waals surface area contributed by atoms with Crippen molar-refractivity contribution >= 4 is 5.97 Å². The number of carbonyl (C=O) groups excluding carboxylic acids is 1. The number of benzene rings is 2. The minimum atomic E-state index is -0.0574. The highest BCUT2D eigenvalue weighted by atomic mass is 16.5. The number of nitrogens with zero attached hydrogens (tertiary/aromatic N) is 1. The van der Waals surface area contributed by atoms with Crippen LogP contribution in [0, 0.1) is 11.8 Å². The lowest BCUT2D eigenvalue weighted by molar-refractivity contribution is -0.149. The minimum Gasteiger partial charge on any atom is -0.463 e. The maximum absolute atomic E-state index is 12.1. The van der Waals surface area contributed by atoms with Crippen molar-refractivity contribution in [2.75, 3.05) is 13.1 Å². The summed E-state index contributed by atoms with van der Waals surface area (Å²) in [5.74, 6) is 0.811. The second-order valence-corrected chi connectivity index (χ2v) is 7.99. The van der Waals surface area contributed by atoms with Crippen LogP contribution in [0.15, 0.2) is 60.7 Å². The van der Waals surface area contributed by atoms with E-state index in [-0.39, 0.29) is 18.1 Å². The Labute approximate surface area is 163 Å². The van der Waals surface area contributed by atoms with Gasteiger partial charge in [-0.25, -0.2) is 0 Å². The number of esters is 1. The van der Waals surface area contributed by atoms with Gasteiger partial charge >= 0.3 is 5.97 Å². The van der Waals surface area contributed by atoms with Crippen LogP contribution in [0.25, 0.3) is 0 Å². The van der Waals surface area contributed by atoms with E-state index in [1.807, 2.05) is 13.8 Å². The van der Waals surface area contributed by atoms with Crippen LogP contribution in [0.4, 0.5) is 0 Å². The van der Waals surface area contributed by atoms with E-state index in [0.29, 0.717) is 18.3 Å². The summed E-state index contributed by atoms with van der Waals surface area (Å²) in [6.45, 7) is 8.08. The van der Waals surface area contributed by atoms with Crippen LogP contribution in [-0.2, 0) is 9.53 Å². The molecule has 1 fully saturated rings. The Kier molecular flexibility index (Phi) is 6.68. The first-order valence-electron chi connectivity index (χ1n) is 10.1. The summed E-state index contributed by atoms with van der Waals surface area (Å²) in [4.78, 5) is 14.7. The average Bonchev–Trinajstić information content (AvgIpc) is 2.65. The maximum atomic E-state index is 12.1. The van der Waals surface area contributed by atoms with Crippen molar-refractivity contribution in [1.29, 1.82) is 0 Å². The van der Waals surface area contributed by atoms with E-state index in [4.69, 9.17) is 4.74 Å². The van der Waals surface area contributed by atoms with Crippen LogP contribution < -0.4 is 0 Å². The highest BCUT2D eigenvalue weighted by molar-refractivity contribution is 5.69. The van der Waals surface area contributed by atoms with Crippen molar-refractivity contribution in [2.24, 2.45) is 11.8 Å². The number of carbonyl (C=O) groups is 1. The number of hydrogen-bond donors (Lipinski definition) is 0. The fourth-order valence-electron chi connectivity index (χ4n) is 4.17. The molecule has 2 unspecified atom stereocenters. The maximum Gasteiger partial charge on any atom is 0.306 e. The monoisotopic (exact) mass is 365 g/mol. The van der Waals surface area contributed by atoms with Gasteiger partial charge in [0.05, 0.1) is 12.1 Å². The molecule has 3 heteroatoms. The van der Waals surface area contributed by atoms with Gasteiger partial charge in [0.1, 0.15) is 0 Å². The Morgan fingerprint density at radius 1 is 1.04 bits per heavy atom. The summed E-state index contributed by atoms with van der Waals surface area (Å²) in [7, 11) is 0. The first-order valence-corrected chi connectivity index (χ1v) is 10.1. The summed E-state index contributed by atoms with van der Waals surface area (Å²) >= 11 is 0. The fraction of sp³-hybridized carbons (Fsp3) is 0.458. The predicted molar refractivity (Wildman–Crippen MR) is 109 cm³/mol. The molecule has 1 saturated heterocycles. The van der Waals surface area contributed by atoms with Gasteiger partial charge < -0.3 is 4.74 Å². The molecule has 0 radical (unpaired) electrons. The van der Waals surface area contributed by atoms with Crippen LogP contribution in [0.2, 0.25) is 0 Å². The molecule has 1 heterocycles. The Bertz CT molecular complexity index is 674. The molecular weight excluding hydrogens is 334 g/mol. The van der Waals surface area contributed by atoms with Crippen LogP contribution in [-0.4, -0.2) is 30.1 Å². The van der Waals surface area contributed by atoms with Crippen LogP contribution in [0.5, 0.6) is 0 Å². The zero-order valence-corrected chi connectivity index (χ0v) is 16.7. The van der Waals surface area contributed by atoms with Gasteiger partial charge in [-0.15, -0.1) is 0 Å². The molecule has 2 aromatic rings. The van der Waals surface area contributed by atoms with Crippen molar-refractivity contribution in [3.8, 4) is 0 Å². The molecule has 1 aliphatic heterocycles. The lowest BCUT2D eigenvalue weighted by atomic mass is 9.82. The fourth-order valence-corrected chi connectivity index (χ4v) is 4.17. The Morgan fingerprint density at radius 3 is 2.07 bits per heavy atom. The van der Waals surface area contributed by atoms with E-state index in [0.717, 1.165) is 19.5 Å². The van der Waals surface area contributed by atoms with Crippen molar-refractivity contribution < 1.29 is 9.53 Å². The van der Waals surface area contributed by atoms with E-state index in [2.05, 4.69) is 72.5 Å². The van der Waals surface area contributed by atoms with E-state index in [1.165, 1.54) is 11.1 Å². The summed E-state index contributed by atoms with van der Waals surface area (Å²) < 4.78 is 5.36. The largest absolute Gasteiger partial charge is 0.463 e. The molecule has 2 aromatic carbocycles. The summed E-state index contributed by atoms with van der Waals surface area (Å²) in [5, 5.41) is 0. The minimum absolute atomic E-state index is 0.0339. The number of ether oxygens (including phenoxy) is 1.